The van der Waals surface area contributed by atoms with Gasteiger partial charge >= 0.3 is 5.97 Å². The molecule has 0 saturated heterocycles. The zero-order chi connectivity index (χ0) is 13.5. The summed E-state index contributed by atoms with van der Waals surface area (Å²) in [5.41, 5.74) is 0.590. The van der Waals surface area contributed by atoms with Gasteiger partial charge in [-0.2, -0.15) is 5.10 Å². The lowest BCUT2D eigenvalue weighted by Crippen LogP contribution is -2.19. The number of esters is 1. The zero-order valence-corrected chi connectivity index (χ0v) is 11.0. The fourth-order valence-corrected chi connectivity index (χ4v) is 1.54. The van der Waals surface area contributed by atoms with Crippen molar-refractivity contribution in [3.05, 3.63) is 12.4 Å². The number of nitrogens with zero attached hydrogens (tertiary/aromatic N) is 2. The number of anilines is 1. The number of rotatable bonds is 6. The summed E-state index contributed by atoms with van der Waals surface area (Å²) in [6.07, 6.45) is 4.94. The molecule has 0 fully saturated rings. The van der Waals surface area contributed by atoms with E-state index in [2.05, 4.69) is 15.2 Å². The molecule has 0 aliphatic heterocycles. The molecule has 1 amide bonds. The Hall–Kier alpha value is -1.85. The standard InChI is InChI=1S/C12H19N3O3/c1-4-5-9(2)12(17)14-10-6-13-15(7-10)8-11(16)18-3/h6-7,9H,4-5,8H2,1-3H3,(H,14,17). The first-order valence-corrected chi connectivity index (χ1v) is 5.97. The van der Waals surface area contributed by atoms with Crippen LogP contribution < -0.4 is 5.32 Å². The van der Waals surface area contributed by atoms with Crippen molar-refractivity contribution in [1.29, 1.82) is 0 Å². The Morgan fingerprint density at radius 2 is 2.28 bits per heavy atom. The first-order chi connectivity index (χ1) is 8.56. The summed E-state index contributed by atoms with van der Waals surface area (Å²) in [6.45, 7) is 3.97. The van der Waals surface area contributed by atoms with Crippen molar-refractivity contribution in [2.45, 2.75) is 33.2 Å². The highest BCUT2D eigenvalue weighted by atomic mass is 16.5. The second kappa shape index (κ2) is 6.78. The van der Waals surface area contributed by atoms with Gasteiger partial charge in [-0.1, -0.05) is 20.3 Å². The largest absolute Gasteiger partial charge is 0.468 e. The van der Waals surface area contributed by atoms with E-state index >= 15 is 0 Å². The number of hydrogen-bond donors (Lipinski definition) is 1. The van der Waals surface area contributed by atoms with Gasteiger partial charge < -0.3 is 10.1 Å². The molecule has 0 bridgehead atoms. The monoisotopic (exact) mass is 253 g/mol. The number of carbonyl (C=O) groups is 2. The van der Waals surface area contributed by atoms with Gasteiger partial charge in [-0.15, -0.1) is 0 Å². The quantitative estimate of drug-likeness (QED) is 0.778. The number of ether oxygens (including phenoxy) is 1. The molecule has 0 spiro atoms. The third-order valence-electron chi connectivity index (χ3n) is 2.59. The van der Waals surface area contributed by atoms with E-state index in [-0.39, 0.29) is 24.3 Å². The highest BCUT2D eigenvalue weighted by Gasteiger charge is 2.13. The molecule has 1 unspecified atom stereocenters. The van der Waals surface area contributed by atoms with E-state index in [4.69, 9.17) is 0 Å². The number of methoxy groups -OCH3 is 1. The molecule has 6 heteroatoms. The van der Waals surface area contributed by atoms with Gasteiger partial charge in [-0.3, -0.25) is 14.3 Å². The predicted octanol–water partition coefficient (Wildman–Crippen LogP) is 1.43. The van der Waals surface area contributed by atoms with E-state index in [1.807, 2.05) is 13.8 Å². The summed E-state index contributed by atoms with van der Waals surface area (Å²) in [5.74, 6) is -0.441. The van der Waals surface area contributed by atoms with Crippen molar-refractivity contribution in [3.63, 3.8) is 0 Å². The Morgan fingerprint density at radius 1 is 1.56 bits per heavy atom. The highest BCUT2D eigenvalue weighted by molar-refractivity contribution is 5.92. The minimum Gasteiger partial charge on any atom is -0.468 e. The normalized spacial score (nSPS) is 11.9. The lowest BCUT2D eigenvalue weighted by molar-refractivity contribution is -0.141. The predicted molar refractivity (Wildman–Crippen MR) is 66.9 cm³/mol. The van der Waals surface area contributed by atoms with E-state index in [1.165, 1.54) is 18.0 Å². The van der Waals surface area contributed by atoms with Crippen LogP contribution in [0.4, 0.5) is 5.69 Å². The summed E-state index contributed by atoms with van der Waals surface area (Å²) in [5, 5.41) is 6.73. The summed E-state index contributed by atoms with van der Waals surface area (Å²) < 4.78 is 5.95. The maximum absolute atomic E-state index is 11.8. The van der Waals surface area contributed by atoms with Gasteiger partial charge in [0.05, 0.1) is 19.0 Å². The SMILES string of the molecule is CCCC(C)C(=O)Nc1cnn(CC(=O)OC)c1. The second-order valence-corrected chi connectivity index (χ2v) is 4.18. The number of hydrogen-bond acceptors (Lipinski definition) is 4. The molecule has 1 atom stereocenters. The Kier molecular flexibility index (Phi) is 5.35. The van der Waals surface area contributed by atoms with Crippen LogP contribution in [0.25, 0.3) is 0 Å². The fraction of sp³-hybridized carbons (Fsp3) is 0.583. The summed E-state index contributed by atoms with van der Waals surface area (Å²) in [6, 6.07) is 0. The van der Waals surface area contributed by atoms with Crippen molar-refractivity contribution >= 4 is 17.6 Å². The Bertz CT molecular complexity index is 414. The number of amides is 1. The molecular formula is C12H19N3O3. The zero-order valence-electron chi connectivity index (χ0n) is 11.0. The maximum Gasteiger partial charge on any atom is 0.327 e. The van der Waals surface area contributed by atoms with Crippen molar-refractivity contribution in [3.8, 4) is 0 Å². The van der Waals surface area contributed by atoms with Crippen LogP contribution in [0.15, 0.2) is 12.4 Å². The summed E-state index contributed by atoms with van der Waals surface area (Å²) in [4.78, 5) is 22.8. The van der Waals surface area contributed by atoms with Crippen molar-refractivity contribution in [1.82, 2.24) is 9.78 Å². The Balaban J connectivity index is 2.53. The van der Waals surface area contributed by atoms with Gasteiger partial charge in [-0.25, -0.2) is 0 Å². The first kappa shape index (κ1) is 14.2. The molecule has 100 valence electrons. The number of aromatic nitrogens is 2. The van der Waals surface area contributed by atoms with Crippen molar-refractivity contribution in [2.75, 3.05) is 12.4 Å². The van der Waals surface area contributed by atoms with Gasteiger partial charge in [0.1, 0.15) is 6.54 Å². The van der Waals surface area contributed by atoms with Crippen LogP contribution in [0.5, 0.6) is 0 Å². The molecule has 0 aliphatic carbocycles. The smallest absolute Gasteiger partial charge is 0.327 e. The van der Waals surface area contributed by atoms with Crippen LogP contribution in [0.1, 0.15) is 26.7 Å². The van der Waals surface area contributed by atoms with Crippen LogP contribution in [0.3, 0.4) is 0 Å². The van der Waals surface area contributed by atoms with Crippen molar-refractivity contribution < 1.29 is 14.3 Å². The average Bonchev–Trinajstić information content (AvgIpc) is 2.76. The highest BCUT2D eigenvalue weighted by Crippen LogP contribution is 2.11. The molecule has 0 aliphatic rings. The third-order valence-corrected chi connectivity index (χ3v) is 2.59. The molecule has 0 radical (unpaired) electrons. The summed E-state index contributed by atoms with van der Waals surface area (Å²) >= 11 is 0. The third kappa shape index (κ3) is 4.20. The molecule has 1 heterocycles. The number of nitrogens with one attached hydrogen (secondary N) is 1. The van der Waals surface area contributed by atoms with Gasteiger partial charge in [0.15, 0.2) is 0 Å². The molecule has 1 N–H and O–H groups in total. The Labute approximate surface area is 106 Å². The van der Waals surface area contributed by atoms with E-state index < -0.39 is 0 Å². The van der Waals surface area contributed by atoms with Crippen molar-refractivity contribution in [2.24, 2.45) is 5.92 Å². The topological polar surface area (TPSA) is 73.2 Å². The fourth-order valence-electron chi connectivity index (χ4n) is 1.54. The van der Waals surface area contributed by atoms with E-state index in [1.54, 1.807) is 6.20 Å². The lowest BCUT2D eigenvalue weighted by atomic mass is 10.1. The summed E-state index contributed by atoms with van der Waals surface area (Å²) in [7, 11) is 1.32. The molecule has 1 rings (SSSR count). The molecule has 0 saturated carbocycles. The van der Waals surface area contributed by atoms with Gasteiger partial charge in [-0.05, 0) is 6.42 Å². The van der Waals surface area contributed by atoms with Gasteiger partial charge in [0.2, 0.25) is 5.91 Å². The number of carbonyl (C=O) groups excluding carboxylic acids is 2. The average molecular weight is 253 g/mol. The second-order valence-electron chi connectivity index (χ2n) is 4.18. The maximum atomic E-state index is 11.8. The van der Waals surface area contributed by atoms with Crippen LogP contribution >= 0.6 is 0 Å². The minimum atomic E-state index is -0.379. The molecular weight excluding hydrogens is 234 g/mol. The van der Waals surface area contributed by atoms with Gasteiger partial charge in [0, 0.05) is 12.1 Å². The van der Waals surface area contributed by atoms with Gasteiger partial charge in [0.25, 0.3) is 0 Å². The van der Waals surface area contributed by atoms with Crippen LogP contribution in [0.2, 0.25) is 0 Å². The Morgan fingerprint density at radius 3 is 2.89 bits per heavy atom. The molecule has 0 aromatic carbocycles. The van der Waals surface area contributed by atoms with E-state index in [0.29, 0.717) is 5.69 Å². The lowest BCUT2D eigenvalue weighted by Gasteiger charge is -2.09. The first-order valence-electron chi connectivity index (χ1n) is 5.97. The van der Waals surface area contributed by atoms with Crippen LogP contribution in [-0.2, 0) is 20.9 Å². The van der Waals surface area contributed by atoms with Crippen LogP contribution in [-0.4, -0.2) is 28.8 Å². The van der Waals surface area contributed by atoms with E-state index in [9.17, 15) is 9.59 Å². The molecule has 1 aromatic rings. The minimum absolute atomic E-state index is 0.0287. The molecule has 18 heavy (non-hydrogen) atoms. The molecule has 1 aromatic heterocycles. The van der Waals surface area contributed by atoms with E-state index in [0.717, 1.165) is 12.8 Å². The molecule has 6 nitrogen and oxygen atoms in total. The van der Waals surface area contributed by atoms with Crippen LogP contribution in [0, 0.1) is 5.92 Å².